The highest BCUT2D eigenvalue weighted by molar-refractivity contribution is 6.21. The lowest BCUT2D eigenvalue weighted by Crippen LogP contribution is -2.40. The molecule has 0 fully saturated rings. The van der Waals surface area contributed by atoms with Gasteiger partial charge in [0.2, 0.25) is 0 Å². The summed E-state index contributed by atoms with van der Waals surface area (Å²) in [6, 6.07) is 4.73. The monoisotopic (exact) mass is 232 g/mol. The standard InChI is InChI=1S/C13H16N2O2/c1-7(2)8(3)15-12(16)10-5-4-9(14)6-11(10)13(15)17/h4-8H,14H2,1-3H3. The van der Waals surface area contributed by atoms with Gasteiger partial charge in [-0.3, -0.25) is 14.5 Å². The number of fused-ring (bicyclic) bond motifs is 1. The molecule has 1 heterocycles. The third kappa shape index (κ3) is 1.69. The van der Waals surface area contributed by atoms with Crippen molar-refractivity contribution in [1.82, 2.24) is 4.90 Å². The number of amides is 2. The van der Waals surface area contributed by atoms with Crippen molar-refractivity contribution in [3.63, 3.8) is 0 Å². The molecule has 2 amide bonds. The maximum atomic E-state index is 12.2. The van der Waals surface area contributed by atoms with Crippen molar-refractivity contribution in [3.8, 4) is 0 Å². The quantitative estimate of drug-likeness (QED) is 0.625. The number of rotatable bonds is 2. The zero-order chi connectivity index (χ0) is 12.7. The van der Waals surface area contributed by atoms with Crippen LogP contribution in [0.1, 0.15) is 41.5 Å². The molecule has 90 valence electrons. The van der Waals surface area contributed by atoms with E-state index < -0.39 is 0 Å². The minimum Gasteiger partial charge on any atom is -0.399 e. The number of imide groups is 1. The number of benzene rings is 1. The molecule has 4 heteroatoms. The van der Waals surface area contributed by atoms with Crippen molar-refractivity contribution in [2.24, 2.45) is 5.92 Å². The van der Waals surface area contributed by atoms with Crippen molar-refractivity contribution < 1.29 is 9.59 Å². The highest BCUT2D eigenvalue weighted by atomic mass is 16.2. The van der Waals surface area contributed by atoms with Crippen LogP contribution < -0.4 is 5.73 Å². The molecule has 0 saturated heterocycles. The second-order valence-electron chi connectivity index (χ2n) is 4.77. The van der Waals surface area contributed by atoms with E-state index in [1.165, 1.54) is 4.90 Å². The summed E-state index contributed by atoms with van der Waals surface area (Å²) in [7, 11) is 0. The van der Waals surface area contributed by atoms with Gasteiger partial charge >= 0.3 is 0 Å². The highest BCUT2D eigenvalue weighted by Crippen LogP contribution is 2.28. The normalized spacial score (nSPS) is 16.6. The number of carbonyl (C=O) groups is 2. The molecule has 0 bridgehead atoms. The average molecular weight is 232 g/mol. The number of nitrogens with zero attached hydrogens (tertiary/aromatic N) is 1. The minimum absolute atomic E-state index is 0.108. The largest absolute Gasteiger partial charge is 0.399 e. The van der Waals surface area contributed by atoms with Gasteiger partial charge in [0.15, 0.2) is 0 Å². The molecule has 0 saturated carbocycles. The van der Waals surface area contributed by atoms with Gasteiger partial charge in [0.1, 0.15) is 0 Å². The van der Waals surface area contributed by atoms with Crippen LogP contribution in [0.4, 0.5) is 5.69 Å². The van der Waals surface area contributed by atoms with E-state index in [1.54, 1.807) is 18.2 Å². The van der Waals surface area contributed by atoms with E-state index in [-0.39, 0.29) is 23.8 Å². The van der Waals surface area contributed by atoms with Crippen LogP contribution in [0.15, 0.2) is 18.2 Å². The van der Waals surface area contributed by atoms with Crippen LogP contribution in [0.5, 0.6) is 0 Å². The number of hydrogen-bond acceptors (Lipinski definition) is 3. The Morgan fingerprint density at radius 3 is 2.24 bits per heavy atom. The van der Waals surface area contributed by atoms with E-state index in [0.717, 1.165) is 0 Å². The lowest BCUT2D eigenvalue weighted by atomic mass is 10.1. The van der Waals surface area contributed by atoms with Crippen molar-refractivity contribution in [1.29, 1.82) is 0 Å². The summed E-state index contributed by atoms with van der Waals surface area (Å²) >= 11 is 0. The fraction of sp³-hybridized carbons (Fsp3) is 0.385. The molecule has 1 aliphatic rings. The number of anilines is 1. The fourth-order valence-electron chi connectivity index (χ4n) is 1.95. The number of nitrogens with two attached hydrogens (primary N) is 1. The van der Waals surface area contributed by atoms with Gasteiger partial charge in [-0.15, -0.1) is 0 Å². The third-order valence-electron chi connectivity index (χ3n) is 3.31. The molecular weight excluding hydrogens is 216 g/mol. The SMILES string of the molecule is CC(C)C(C)N1C(=O)c2ccc(N)cc2C1=O. The first kappa shape index (κ1) is 11.6. The van der Waals surface area contributed by atoms with Crippen LogP contribution in [0, 0.1) is 5.92 Å². The molecule has 1 unspecified atom stereocenters. The van der Waals surface area contributed by atoms with Gasteiger partial charge in [-0.05, 0) is 31.0 Å². The Balaban J connectivity index is 2.46. The van der Waals surface area contributed by atoms with Gasteiger partial charge in [-0.2, -0.15) is 0 Å². The van der Waals surface area contributed by atoms with Gasteiger partial charge in [0.25, 0.3) is 11.8 Å². The summed E-state index contributed by atoms with van der Waals surface area (Å²) < 4.78 is 0. The van der Waals surface area contributed by atoms with Crippen LogP contribution in [0.3, 0.4) is 0 Å². The molecule has 1 aliphatic heterocycles. The molecule has 0 radical (unpaired) electrons. The molecule has 1 atom stereocenters. The summed E-state index contributed by atoms with van der Waals surface area (Å²) in [5.41, 5.74) is 7.02. The predicted octanol–water partition coefficient (Wildman–Crippen LogP) is 1.91. The van der Waals surface area contributed by atoms with Crippen molar-refractivity contribution in [3.05, 3.63) is 29.3 Å². The van der Waals surface area contributed by atoms with Gasteiger partial charge < -0.3 is 5.73 Å². The van der Waals surface area contributed by atoms with Crippen LogP contribution in [-0.4, -0.2) is 22.8 Å². The predicted molar refractivity (Wildman–Crippen MR) is 65.7 cm³/mol. The van der Waals surface area contributed by atoms with Crippen molar-refractivity contribution in [2.45, 2.75) is 26.8 Å². The van der Waals surface area contributed by atoms with Gasteiger partial charge in [0.05, 0.1) is 11.1 Å². The molecule has 17 heavy (non-hydrogen) atoms. The highest BCUT2D eigenvalue weighted by Gasteiger charge is 2.39. The van der Waals surface area contributed by atoms with Crippen LogP contribution in [-0.2, 0) is 0 Å². The first-order valence-electron chi connectivity index (χ1n) is 5.71. The summed E-state index contributed by atoms with van der Waals surface area (Å²) in [5, 5.41) is 0. The Morgan fingerprint density at radius 1 is 1.06 bits per heavy atom. The van der Waals surface area contributed by atoms with E-state index in [9.17, 15) is 9.59 Å². The van der Waals surface area contributed by atoms with E-state index in [4.69, 9.17) is 5.73 Å². The summed E-state index contributed by atoms with van der Waals surface area (Å²) in [6.45, 7) is 5.86. The Labute approximate surface area is 100 Å². The lowest BCUT2D eigenvalue weighted by molar-refractivity contribution is 0.0559. The second kappa shape index (κ2) is 3.87. The van der Waals surface area contributed by atoms with E-state index in [0.29, 0.717) is 16.8 Å². The fourth-order valence-corrected chi connectivity index (χ4v) is 1.95. The molecule has 0 aliphatic carbocycles. The Hall–Kier alpha value is -1.84. The maximum Gasteiger partial charge on any atom is 0.261 e. The number of nitrogen functional groups attached to an aromatic ring is 1. The second-order valence-corrected chi connectivity index (χ2v) is 4.77. The molecule has 0 spiro atoms. The summed E-state index contributed by atoms with van der Waals surface area (Å²) in [6.07, 6.45) is 0. The van der Waals surface area contributed by atoms with Crippen LogP contribution in [0.25, 0.3) is 0 Å². The first-order valence-corrected chi connectivity index (χ1v) is 5.71. The Bertz CT molecular complexity index is 494. The number of hydrogen-bond donors (Lipinski definition) is 1. The van der Waals surface area contributed by atoms with E-state index in [2.05, 4.69) is 0 Å². The maximum absolute atomic E-state index is 12.2. The molecule has 2 N–H and O–H groups in total. The molecule has 0 aromatic heterocycles. The van der Waals surface area contributed by atoms with Gasteiger partial charge in [-0.1, -0.05) is 13.8 Å². The van der Waals surface area contributed by atoms with Crippen LogP contribution >= 0.6 is 0 Å². The molecule has 2 rings (SSSR count). The summed E-state index contributed by atoms with van der Waals surface area (Å²) in [5.74, 6) is -0.223. The molecule has 4 nitrogen and oxygen atoms in total. The van der Waals surface area contributed by atoms with Crippen LogP contribution in [0.2, 0.25) is 0 Å². The molecular formula is C13H16N2O2. The minimum atomic E-state index is -0.237. The van der Waals surface area contributed by atoms with Gasteiger partial charge in [0, 0.05) is 11.7 Å². The zero-order valence-electron chi connectivity index (χ0n) is 10.2. The van der Waals surface area contributed by atoms with E-state index in [1.807, 2.05) is 20.8 Å². The first-order chi connectivity index (χ1) is 7.93. The Kier molecular flexibility index (Phi) is 2.65. The summed E-state index contributed by atoms with van der Waals surface area (Å²) in [4.78, 5) is 25.6. The van der Waals surface area contributed by atoms with E-state index >= 15 is 0 Å². The molecule has 1 aromatic carbocycles. The number of carbonyl (C=O) groups excluding carboxylic acids is 2. The van der Waals surface area contributed by atoms with Crippen molar-refractivity contribution >= 4 is 17.5 Å². The third-order valence-corrected chi connectivity index (χ3v) is 3.31. The topological polar surface area (TPSA) is 63.4 Å². The zero-order valence-corrected chi connectivity index (χ0v) is 10.2. The lowest BCUT2D eigenvalue weighted by Gasteiger charge is -2.25. The molecule has 1 aromatic rings. The Morgan fingerprint density at radius 2 is 1.65 bits per heavy atom. The van der Waals surface area contributed by atoms with Crippen molar-refractivity contribution in [2.75, 3.05) is 5.73 Å². The average Bonchev–Trinajstić information content (AvgIpc) is 2.50. The van der Waals surface area contributed by atoms with Gasteiger partial charge in [-0.25, -0.2) is 0 Å². The smallest absolute Gasteiger partial charge is 0.261 e.